The first-order valence-electron chi connectivity index (χ1n) is 5.06. The first-order chi connectivity index (χ1) is 7.88. The molecule has 17 heavy (non-hydrogen) atoms. The molecule has 0 saturated heterocycles. The Hall–Kier alpha value is 0.130. The highest BCUT2D eigenvalue weighted by molar-refractivity contribution is 9.11. The maximum Gasteiger partial charge on any atom is 0.144 e. The summed E-state index contributed by atoms with van der Waals surface area (Å²) in [6.45, 7) is 3.59. The molecule has 2 nitrogen and oxygen atoms in total. The lowest BCUT2D eigenvalue weighted by Gasteiger charge is -2.19. The summed E-state index contributed by atoms with van der Waals surface area (Å²) < 4.78 is 7.11. The maximum absolute atomic E-state index is 11.4. The summed E-state index contributed by atoms with van der Waals surface area (Å²) in [7, 11) is 1.62. The van der Waals surface area contributed by atoms with Gasteiger partial charge in [-0.15, -0.1) is 0 Å². The average molecular weight is 429 g/mol. The lowest BCUT2D eigenvalue weighted by Crippen LogP contribution is -2.18. The molecule has 94 valence electrons. The van der Waals surface area contributed by atoms with E-state index in [0.717, 1.165) is 20.3 Å². The van der Waals surface area contributed by atoms with Gasteiger partial charge in [0.05, 0.1) is 16.4 Å². The molecule has 0 aliphatic rings. The maximum atomic E-state index is 11.4. The molecule has 1 aromatic carbocycles. The fraction of sp³-hybridized carbons (Fsp3) is 0.417. The summed E-state index contributed by atoms with van der Waals surface area (Å²) in [4.78, 5) is 11.2. The lowest BCUT2D eigenvalue weighted by molar-refractivity contribution is -0.116. The van der Waals surface area contributed by atoms with Crippen LogP contribution in [0.2, 0.25) is 0 Å². The van der Waals surface area contributed by atoms with Crippen LogP contribution in [0.15, 0.2) is 21.1 Å². The highest BCUT2D eigenvalue weighted by atomic mass is 79.9. The number of benzene rings is 1. The van der Waals surface area contributed by atoms with Gasteiger partial charge in [-0.2, -0.15) is 0 Å². The minimum Gasteiger partial charge on any atom is -0.496 e. The number of hydrogen-bond acceptors (Lipinski definition) is 2. The van der Waals surface area contributed by atoms with Crippen LogP contribution in [-0.2, 0) is 4.79 Å². The van der Waals surface area contributed by atoms with Gasteiger partial charge in [-0.05, 0) is 40.5 Å². The molecule has 0 bridgehead atoms. The fourth-order valence-corrected chi connectivity index (χ4v) is 3.36. The van der Waals surface area contributed by atoms with Crippen molar-refractivity contribution in [2.75, 3.05) is 7.11 Å². The van der Waals surface area contributed by atoms with Gasteiger partial charge < -0.3 is 4.74 Å². The largest absolute Gasteiger partial charge is 0.496 e. The molecule has 0 aliphatic carbocycles. The van der Waals surface area contributed by atoms with Crippen molar-refractivity contribution in [3.63, 3.8) is 0 Å². The van der Waals surface area contributed by atoms with Crippen LogP contribution in [0.3, 0.4) is 0 Å². The molecule has 0 aliphatic heterocycles. The van der Waals surface area contributed by atoms with E-state index in [2.05, 4.69) is 47.8 Å². The number of carbonyl (C=O) groups is 1. The monoisotopic (exact) mass is 426 g/mol. The lowest BCUT2D eigenvalue weighted by atomic mass is 9.96. The van der Waals surface area contributed by atoms with Gasteiger partial charge in [0.1, 0.15) is 11.5 Å². The van der Waals surface area contributed by atoms with Crippen LogP contribution in [0.25, 0.3) is 0 Å². The molecule has 0 radical (unpaired) electrons. The van der Waals surface area contributed by atoms with E-state index in [4.69, 9.17) is 4.74 Å². The molecule has 5 heteroatoms. The Labute approximate surface area is 126 Å². The number of Topliss-reactive ketones (excluding diaryl/α,β-unsaturated/α-hetero) is 1. The van der Waals surface area contributed by atoms with E-state index in [-0.39, 0.29) is 16.5 Å². The molecule has 0 N–H and O–H groups in total. The summed E-state index contributed by atoms with van der Waals surface area (Å²) in [5.41, 5.74) is 1.04. The fourth-order valence-electron chi connectivity index (χ4n) is 1.56. The molecule has 1 rings (SSSR count). The van der Waals surface area contributed by atoms with E-state index < -0.39 is 0 Å². The minimum absolute atomic E-state index is 0.0730. The van der Waals surface area contributed by atoms with Crippen LogP contribution in [0.5, 0.6) is 5.75 Å². The number of methoxy groups -OCH3 is 1. The van der Waals surface area contributed by atoms with E-state index in [0.29, 0.717) is 0 Å². The summed E-state index contributed by atoms with van der Waals surface area (Å²) in [5, 5.41) is 0. The van der Waals surface area contributed by atoms with Crippen molar-refractivity contribution >= 4 is 53.6 Å². The summed E-state index contributed by atoms with van der Waals surface area (Å²) in [6.07, 6.45) is 0. The van der Waals surface area contributed by atoms with Crippen molar-refractivity contribution in [3.05, 3.63) is 26.6 Å². The number of hydrogen-bond donors (Lipinski definition) is 0. The van der Waals surface area contributed by atoms with Crippen molar-refractivity contribution in [2.45, 2.75) is 24.6 Å². The Bertz CT molecular complexity index is 432. The Morgan fingerprint density at radius 2 is 1.88 bits per heavy atom. The molecule has 0 saturated carbocycles. The van der Waals surface area contributed by atoms with Gasteiger partial charge in [-0.25, -0.2) is 0 Å². The highest BCUT2D eigenvalue weighted by Crippen LogP contribution is 2.37. The van der Waals surface area contributed by atoms with Gasteiger partial charge in [0.25, 0.3) is 0 Å². The molecule has 0 spiro atoms. The number of ether oxygens (including phenoxy) is 1. The SMILES string of the molecule is COc1cc(C(C)C(Br)C(C)=O)c(Br)cc1Br. The second kappa shape index (κ2) is 6.34. The van der Waals surface area contributed by atoms with Crippen LogP contribution >= 0.6 is 47.8 Å². The van der Waals surface area contributed by atoms with Gasteiger partial charge in [-0.3, -0.25) is 4.79 Å². The van der Waals surface area contributed by atoms with E-state index in [1.54, 1.807) is 14.0 Å². The van der Waals surface area contributed by atoms with Crippen LogP contribution in [0, 0.1) is 0 Å². The first kappa shape index (κ1) is 15.2. The zero-order chi connectivity index (χ0) is 13.2. The number of rotatable bonds is 4. The highest BCUT2D eigenvalue weighted by Gasteiger charge is 2.23. The van der Waals surface area contributed by atoms with E-state index in [1.807, 2.05) is 19.1 Å². The average Bonchev–Trinajstić information content (AvgIpc) is 2.27. The molecule has 2 atom stereocenters. The normalized spacial score (nSPS) is 14.2. The zero-order valence-electron chi connectivity index (χ0n) is 9.76. The summed E-state index contributed by atoms with van der Waals surface area (Å²) in [5.74, 6) is 0.952. The van der Waals surface area contributed by atoms with Crippen molar-refractivity contribution in [2.24, 2.45) is 0 Å². The van der Waals surface area contributed by atoms with Gasteiger partial charge in [0, 0.05) is 10.4 Å². The Balaban J connectivity index is 3.17. The van der Waals surface area contributed by atoms with Gasteiger partial charge >= 0.3 is 0 Å². The zero-order valence-corrected chi connectivity index (χ0v) is 14.5. The molecule has 0 fully saturated rings. The van der Waals surface area contributed by atoms with Crippen molar-refractivity contribution in [1.82, 2.24) is 0 Å². The molecular formula is C12H13Br3O2. The number of ketones is 1. The quantitative estimate of drug-likeness (QED) is 0.651. The first-order valence-corrected chi connectivity index (χ1v) is 7.56. The van der Waals surface area contributed by atoms with Crippen molar-refractivity contribution < 1.29 is 9.53 Å². The molecule has 0 heterocycles. The molecule has 0 aromatic heterocycles. The second-order valence-electron chi connectivity index (χ2n) is 3.81. The molecule has 2 unspecified atom stereocenters. The minimum atomic E-state index is -0.190. The Morgan fingerprint density at radius 3 is 2.35 bits per heavy atom. The van der Waals surface area contributed by atoms with Crippen LogP contribution < -0.4 is 4.74 Å². The third-order valence-corrected chi connectivity index (χ3v) is 5.33. The molecular weight excluding hydrogens is 416 g/mol. The topological polar surface area (TPSA) is 26.3 Å². The van der Waals surface area contributed by atoms with Gasteiger partial charge in [0.2, 0.25) is 0 Å². The predicted octanol–water partition coefficient (Wildman–Crippen LogP) is 4.68. The Morgan fingerprint density at radius 1 is 1.29 bits per heavy atom. The van der Waals surface area contributed by atoms with E-state index in [1.165, 1.54) is 0 Å². The standard InChI is InChI=1S/C12H13Br3O2/c1-6(12(15)7(2)16)8-4-11(17-3)10(14)5-9(8)13/h4-6,12H,1-3H3. The smallest absolute Gasteiger partial charge is 0.144 e. The number of halogens is 3. The Kier molecular flexibility index (Phi) is 5.67. The summed E-state index contributed by atoms with van der Waals surface area (Å²) in [6, 6.07) is 3.88. The third-order valence-electron chi connectivity index (χ3n) is 2.59. The number of alkyl halides is 1. The molecule has 1 aromatic rings. The third kappa shape index (κ3) is 3.55. The van der Waals surface area contributed by atoms with Gasteiger partial charge in [-0.1, -0.05) is 38.8 Å². The van der Waals surface area contributed by atoms with Crippen LogP contribution in [-0.4, -0.2) is 17.7 Å². The van der Waals surface area contributed by atoms with E-state index in [9.17, 15) is 4.79 Å². The second-order valence-corrected chi connectivity index (χ2v) is 6.50. The van der Waals surface area contributed by atoms with Crippen molar-refractivity contribution in [1.29, 1.82) is 0 Å². The predicted molar refractivity (Wildman–Crippen MR) is 80.2 cm³/mol. The van der Waals surface area contributed by atoms with Gasteiger partial charge in [0.15, 0.2) is 0 Å². The summed E-state index contributed by atoms with van der Waals surface area (Å²) >= 11 is 10.4. The molecule has 0 amide bonds. The van der Waals surface area contributed by atoms with Crippen molar-refractivity contribution in [3.8, 4) is 5.75 Å². The van der Waals surface area contributed by atoms with Crippen LogP contribution in [0.1, 0.15) is 25.3 Å². The van der Waals surface area contributed by atoms with Crippen LogP contribution in [0.4, 0.5) is 0 Å². The van der Waals surface area contributed by atoms with E-state index >= 15 is 0 Å². The number of carbonyl (C=O) groups excluding carboxylic acids is 1.